The molecule has 3 heterocycles. The summed E-state index contributed by atoms with van der Waals surface area (Å²) in [5.41, 5.74) is 1.20. The smallest absolute Gasteiger partial charge is 0.318 e. The van der Waals surface area contributed by atoms with Crippen molar-refractivity contribution in [2.75, 3.05) is 6.54 Å². The lowest BCUT2D eigenvalue weighted by Gasteiger charge is -2.37. The molecular formula is C17H23N3OS. The van der Waals surface area contributed by atoms with Crippen molar-refractivity contribution in [1.29, 1.82) is 0 Å². The summed E-state index contributed by atoms with van der Waals surface area (Å²) in [5, 5.41) is 5.26. The minimum atomic E-state index is 0.0260. The topological polar surface area (TPSA) is 37.3 Å². The van der Waals surface area contributed by atoms with Gasteiger partial charge in [0.2, 0.25) is 0 Å². The Labute approximate surface area is 135 Å². The van der Waals surface area contributed by atoms with Gasteiger partial charge in [-0.15, -0.1) is 11.3 Å². The molecule has 22 heavy (non-hydrogen) atoms. The average Bonchev–Trinajstić information content (AvgIpc) is 3.21. The van der Waals surface area contributed by atoms with Gasteiger partial charge in [-0.2, -0.15) is 0 Å². The number of carbonyl (C=O) groups is 1. The van der Waals surface area contributed by atoms with Gasteiger partial charge in [-0.05, 0) is 36.4 Å². The van der Waals surface area contributed by atoms with Crippen molar-refractivity contribution in [3.63, 3.8) is 0 Å². The summed E-state index contributed by atoms with van der Waals surface area (Å²) < 4.78 is 2.26. The first-order valence-electron chi connectivity index (χ1n) is 8.00. The molecule has 0 spiro atoms. The number of aromatic nitrogens is 1. The Morgan fingerprint density at radius 1 is 1.32 bits per heavy atom. The molecule has 0 aromatic carbocycles. The van der Waals surface area contributed by atoms with E-state index in [1.807, 2.05) is 4.90 Å². The molecule has 2 aromatic heterocycles. The van der Waals surface area contributed by atoms with Gasteiger partial charge in [-0.3, -0.25) is 0 Å². The van der Waals surface area contributed by atoms with Crippen molar-refractivity contribution in [3.05, 3.63) is 46.4 Å². The van der Waals surface area contributed by atoms with Gasteiger partial charge in [0.1, 0.15) is 6.04 Å². The molecule has 2 aromatic rings. The normalized spacial score (nSPS) is 17.6. The summed E-state index contributed by atoms with van der Waals surface area (Å²) in [5.74, 6) is 0. The van der Waals surface area contributed by atoms with Crippen molar-refractivity contribution in [1.82, 2.24) is 14.8 Å². The van der Waals surface area contributed by atoms with Crippen LogP contribution in [0.2, 0.25) is 0 Å². The van der Waals surface area contributed by atoms with Gasteiger partial charge in [-0.1, -0.05) is 19.9 Å². The van der Waals surface area contributed by atoms with Crippen LogP contribution in [0, 0.1) is 0 Å². The predicted octanol–water partition coefficient (Wildman–Crippen LogP) is 3.85. The van der Waals surface area contributed by atoms with Crippen LogP contribution in [0.4, 0.5) is 4.79 Å². The van der Waals surface area contributed by atoms with Crippen LogP contribution >= 0.6 is 11.3 Å². The Bertz CT molecular complexity index is 616. The van der Waals surface area contributed by atoms with E-state index in [0.717, 1.165) is 25.9 Å². The first kappa shape index (κ1) is 15.2. The Morgan fingerprint density at radius 2 is 2.14 bits per heavy atom. The number of thiophene rings is 1. The average molecular weight is 317 g/mol. The number of nitrogens with zero attached hydrogens (tertiary/aromatic N) is 2. The molecule has 1 aliphatic rings. The van der Waals surface area contributed by atoms with Crippen molar-refractivity contribution in [2.45, 2.75) is 45.3 Å². The molecule has 5 heteroatoms. The van der Waals surface area contributed by atoms with Gasteiger partial charge in [0.05, 0.1) is 0 Å². The molecular weight excluding hydrogens is 294 g/mol. The van der Waals surface area contributed by atoms with Crippen molar-refractivity contribution >= 4 is 17.4 Å². The monoisotopic (exact) mass is 317 g/mol. The summed E-state index contributed by atoms with van der Waals surface area (Å²) in [6, 6.07) is 8.70. The molecule has 0 saturated carbocycles. The largest absolute Gasteiger partial charge is 0.347 e. The molecule has 0 saturated heterocycles. The lowest BCUT2D eigenvalue weighted by Crippen LogP contribution is -2.49. The molecule has 2 amide bonds. The number of fused-ring (bicyclic) bond motifs is 1. The van der Waals surface area contributed by atoms with Crippen molar-refractivity contribution < 1.29 is 4.79 Å². The zero-order valence-electron chi connectivity index (χ0n) is 13.2. The number of carbonyl (C=O) groups excluding carboxylic acids is 1. The number of nitrogens with one attached hydrogen (secondary N) is 1. The molecule has 4 nitrogen and oxygen atoms in total. The van der Waals surface area contributed by atoms with Crippen LogP contribution in [0.25, 0.3) is 0 Å². The third-order valence-electron chi connectivity index (χ3n) is 4.43. The summed E-state index contributed by atoms with van der Waals surface area (Å²) in [6.45, 7) is 5.84. The zero-order valence-corrected chi connectivity index (χ0v) is 14.0. The van der Waals surface area contributed by atoms with E-state index >= 15 is 0 Å². The number of rotatable bonds is 4. The summed E-state index contributed by atoms with van der Waals surface area (Å²) in [7, 11) is 0. The maximum Gasteiger partial charge on any atom is 0.318 e. The zero-order chi connectivity index (χ0) is 15.5. The van der Waals surface area contributed by atoms with E-state index in [9.17, 15) is 4.79 Å². The van der Waals surface area contributed by atoms with Crippen LogP contribution in [0.15, 0.2) is 35.8 Å². The van der Waals surface area contributed by atoms with Crippen molar-refractivity contribution in [2.24, 2.45) is 0 Å². The first-order chi connectivity index (χ1) is 10.7. The molecule has 118 valence electrons. The predicted molar refractivity (Wildman–Crippen MR) is 90.2 cm³/mol. The highest BCUT2D eigenvalue weighted by atomic mass is 32.1. The summed E-state index contributed by atoms with van der Waals surface area (Å²) in [6.07, 6.45) is 4.04. The molecule has 3 rings (SSSR count). The lowest BCUT2D eigenvalue weighted by molar-refractivity contribution is 0.165. The second-order valence-corrected chi connectivity index (χ2v) is 6.68. The molecule has 0 fully saturated rings. The standard InChI is InChI=1S/C17H23N3OS/c1-3-13(4-2)18-17(21)20-11-10-19-9-5-7-14(19)16(20)15-8-6-12-22-15/h5-9,12-13,16H,3-4,10-11H2,1-2H3,(H,18,21)/t16-/m1/s1. The quantitative estimate of drug-likeness (QED) is 0.913. The molecule has 1 atom stereocenters. The summed E-state index contributed by atoms with van der Waals surface area (Å²) in [4.78, 5) is 16.0. The fraction of sp³-hybridized carbons (Fsp3) is 0.471. The van der Waals surface area contributed by atoms with Crippen LogP contribution in [-0.4, -0.2) is 28.1 Å². The molecule has 0 radical (unpaired) electrons. The third-order valence-corrected chi connectivity index (χ3v) is 5.35. The van der Waals surface area contributed by atoms with Gasteiger partial charge in [-0.25, -0.2) is 4.79 Å². The maximum absolute atomic E-state index is 12.8. The van der Waals surface area contributed by atoms with E-state index in [4.69, 9.17) is 0 Å². The SMILES string of the molecule is CCC(CC)NC(=O)N1CCn2cccc2[C@@H]1c1cccs1. The van der Waals surface area contributed by atoms with Gasteiger partial charge in [0.15, 0.2) is 0 Å². The van der Waals surface area contributed by atoms with Crippen LogP contribution in [0.3, 0.4) is 0 Å². The number of hydrogen-bond donors (Lipinski definition) is 1. The second-order valence-electron chi connectivity index (χ2n) is 5.70. The second kappa shape index (κ2) is 6.57. The van der Waals surface area contributed by atoms with Crippen LogP contribution < -0.4 is 5.32 Å². The minimum absolute atomic E-state index is 0.0260. The van der Waals surface area contributed by atoms with E-state index in [-0.39, 0.29) is 18.1 Å². The molecule has 0 aliphatic carbocycles. The van der Waals surface area contributed by atoms with E-state index in [0.29, 0.717) is 0 Å². The first-order valence-corrected chi connectivity index (χ1v) is 8.88. The Kier molecular flexibility index (Phi) is 4.52. The lowest BCUT2D eigenvalue weighted by atomic mass is 10.1. The molecule has 1 N–H and O–H groups in total. The van der Waals surface area contributed by atoms with Crippen LogP contribution in [0.5, 0.6) is 0 Å². The third kappa shape index (κ3) is 2.77. The van der Waals surface area contributed by atoms with E-state index in [2.05, 4.69) is 59.6 Å². The van der Waals surface area contributed by atoms with Gasteiger partial charge < -0.3 is 14.8 Å². The highest BCUT2D eigenvalue weighted by Crippen LogP contribution is 2.34. The highest BCUT2D eigenvalue weighted by molar-refractivity contribution is 7.10. The fourth-order valence-corrected chi connectivity index (χ4v) is 3.95. The Morgan fingerprint density at radius 3 is 2.82 bits per heavy atom. The number of hydrogen-bond acceptors (Lipinski definition) is 2. The Hall–Kier alpha value is -1.75. The van der Waals surface area contributed by atoms with Gasteiger partial charge in [0, 0.05) is 35.9 Å². The summed E-state index contributed by atoms with van der Waals surface area (Å²) >= 11 is 1.71. The van der Waals surface area contributed by atoms with Crippen molar-refractivity contribution in [3.8, 4) is 0 Å². The maximum atomic E-state index is 12.8. The van der Waals surface area contributed by atoms with E-state index in [1.165, 1.54) is 10.6 Å². The van der Waals surface area contributed by atoms with E-state index < -0.39 is 0 Å². The van der Waals surface area contributed by atoms with Gasteiger partial charge in [0.25, 0.3) is 0 Å². The van der Waals surface area contributed by atoms with Crippen LogP contribution in [-0.2, 0) is 6.54 Å². The number of amides is 2. The molecule has 1 aliphatic heterocycles. The van der Waals surface area contributed by atoms with Gasteiger partial charge >= 0.3 is 6.03 Å². The molecule has 0 unspecified atom stereocenters. The number of urea groups is 1. The molecule has 0 bridgehead atoms. The minimum Gasteiger partial charge on any atom is -0.347 e. The van der Waals surface area contributed by atoms with Crippen LogP contribution in [0.1, 0.15) is 43.3 Å². The van der Waals surface area contributed by atoms with E-state index in [1.54, 1.807) is 11.3 Å². The highest BCUT2D eigenvalue weighted by Gasteiger charge is 2.33. The Balaban J connectivity index is 1.88. The fourth-order valence-electron chi connectivity index (χ4n) is 3.10.